The monoisotopic (exact) mass is 232 g/mol. The fourth-order valence-electron chi connectivity index (χ4n) is 0.453. The molecule has 0 saturated carbocycles. The van der Waals surface area contributed by atoms with E-state index in [0.717, 1.165) is 0 Å². The second kappa shape index (κ2) is 7.04. The quantitative estimate of drug-likeness (QED) is 0.279. The molecule has 0 aliphatic carbocycles. The molecule has 0 radical (unpaired) electrons. The molecule has 0 saturated heterocycles. The number of aromatic hydroxyl groups is 2. The first-order valence-corrected chi connectivity index (χ1v) is 4.36. The van der Waals surface area contributed by atoms with Gasteiger partial charge in [0.2, 0.25) is 0 Å². The first kappa shape index (κ1) is 16.1. The predicted octanol–water partition coefficient (Wildman–Crippen LogP) is -0.204. The van der Waals surface area contributed by atoms with E-state index in [-0.39, 0.29) is 41.1 Å². The summed E-state index contributed by atoms with van der Waals surface area (Å²) in [5.74, 6) is 0.339. The van der Waals surface area contributed by atoms with E-state index in [1.165, 1.54) is 24.3 Å². The summed E-state index contributed by atoms with van der Waals surface area (Å²) >= 11 is 0. The number of hydrogen-bond acceptors (Lipinski definition) is 4. The molecule has 0 bridgehead atoms. The van der Waals surface area contributed by atoms with Crippen LogP contribution in [0.4, 0.5) is 0 Å². The van der Waals surface area contributed by atoms with E-state index in [9.17, 15) is 0 Å². The van der Waals surface area contributed by atoms with Gasteiger partial charge in [-0.2, -0.15) is 8.42 Å². The van der Waals surface area contributed by atoms with Crippen molar-refractivity contribution < 1.29 is 27.7 Å². The summed E-state index contributed by atoms with van der Waals surface area (Å²) in [6.07, 6.45) is 0. The Labute approximate surface area is 103 Å². The van der Waals surface area contributed by atoms with Crippen molar-refractivity contribution in [3.8, 4) is 11.5 Å². The summed E-state index contributed by atoms with van der Waals surface area (Å²) in [6.45, 7) is 0. The number of phenols is 2. The second-order valence-corrected chi connectivity index (χ2v) is 2.86. The van der Waals surface area contributed by atoms with Crippen LogP contribution in [0.3, 0.4) is 0 Å². The number of benzene rings is 1. The van der Waals surface area contributed by atoms with E-state index in [1.807, 2.05) is 0 Å². The third kappa shape index (κ3) is 14.2. The fraction of sp³-hybridized carbons (Fsp3) is 0. The van der Waals surface area contributed by atoms with Gasteiger partial charge in [-0.25, -0.2) is 0 Å². The van der Waals surface area contributed by atoms with E-state index in [4.69, 9.17) is 27.7 Å². The van der Waals surface area contributed by atoms with Gasteiger partial charge in [0.05, 0.1) is 0 Å². The van der Waals surface area contributed by atoms with Crippen LogP contribution in [0.2, 0.25) is 0 Å². The summed E-state index contributed by atoms with van der Waals surface area (Å²) < 4.78 is 31.6. The average Bonchev–Trinajstić information content (AvgIpc) is 1.92. The second-order valence-electron chi connectivity index (χ2n) is 1.96. The molecule has 76 valence electrons. The Hall–Kier alpha value is -0.310. The molecule has 0 aliphatic heterocycles. The Morgan fingerprint density at radius 3 is 1.14 bits per heavy atom. The third-order valence-corrected chi connectivity index (χ3v) is 0.850. The third-order valence-electron chi connectivity index (χ3n) is 0.850. The van der Waals surface area contributed by atoms with Crippen molar-refractivity contribution >= 4 is 40.0 Å². The zero-order chi connectivity index (χ0) is 10.5. The van der Waals surface area contributed by atoms with Gasteiger partial charge >= 0.3 is 40.0 Å². The zero-order valence-electron chi connectivity index (χ0n) is 6.32. The molecular weight excluding hydrogens is 223 g/mol. The van der Waals surface area contributed by atoms with Crippen LogP contribution in [0.5, 0.6) is 11.5 Å². The number of phenolic OH excluding ortho intramolecular Hbond substituents is 2. The number of rotatable bonds is 0. The molecular formula is C6H9NaO6S. The van der Waals surface area contributed by atoms with E-state index < -0.39 is 10.4 Å². The van der Waals surface area contributed by atoms with Gasteiger partial charge in [-0.05, 0) is 24.3 Å². The molecule has 1 aromatic carbocycles. The molecule has 0 spiro atoms. The first-order valence-electron chi connectivity index (χ1n) is 2.97. The van der Waals surface area contributed by atoms with Crippen LogP contribution < -0.4 is 0 Å². The summed E-state index contributed by atoms with van der Waals surface area (Å²) in [5, 5.41) is 17.3. The van der Waals surface area contributed by atoms with Gasteiger partial charge in [0.25, 0.3) is 0 Å². The van der Waals surface area contributed by atoms with Crippen LogP contribution in [-0.4, -0.2) is 57.3 Å². The van der Waals surface area contributed by atoms with Crippen molar-refractivity contribution in [1.82, 2.24) is 0 Å². The molecule has 1 rings (SSSR count). The average molecular weight is 232 g/mol. The molecule has 0 amide bonds. The van der Waals surface area contributed by atoms with E-state index in [2.05, 4.69) is 0 Å². The molecule has 0 fully saturated rings. The molecule has 0 aliphatic rings. The van der Waals surface area contributed by atoms with Gasteiger partial charge in [0.1, 0.15) is 11.5 Å². The first-order chi connectivity index (χ1) is 5.79. The van der Waals surface area contributed by atoms with Gasteiger partial charge in [0.15, 0.2) is 0 Å². The van der Waals surface area contributed by atoms with Crippen molar-refractivity contribution in [2.24, 2.45) is 0 Å². The molecule has 0 atom stereocenters. The fourth-order valence-corrected chi connectivity index (χ4v) is 0.453. The maximum absolute atomic E-state index is 8.74. The van der Waals surface area contributed by atoms with Crippen molar-refractivity contribution in [1.29, 1.82) is 0 Å². The van der Waals surface area contributed by atoms with Gasteiger partial charge in [0, 0.05) is 0 Å². The van der Waals surface area contributed by atoms with Crippen LogP contribution in [0.1, 0.15) is 0 Å². The van der Waals surface area contributed by atoms with Crippen molar-refractivity contribution in [2.45, 2.75) is 0 Å². The molecule has 6 nitrogen and oxygen atoms in total. The van der Waals surface area contributed by atoms with Gasteiger partial charge in [-0.1, -0.05) is 0 Å². The van der Waals surface area contributed by atoms with Crippen molar-refractivity contribution in [2.75, 3.05) is 0 Å². The standard InChI is InChI=1S/C6H6O2.Na.H2O4S.H/c7-5-1-2-6(8)4-3-5;;1-5(2,3)4;/h1-4,7-8H;;(H2,1,2,3,4);. The minimum absolute atomic E-state index is 0. The van der Waals surface area contributed by atoms with Crippen LogP contribution >= 0.6 is 0 Å². The van der Waals surface area contributed by atoms with E-state index in [0.29, 0.717) is 0 Å². The van der Waals surface area contributed by atoms with E-state index >= 15 is 0 Å². The molecule has 0 aromatic heterocycles. The van der Waals surface area contributed by atoms with Crippen LogP contribution in [0.15, 0.2) is 24.3 Å². The van der Waals surface area contributed by atoms with Gasteiger partial charge in [-0.3, -0.25) is 9.11 Å². The molecule has 0 unspecified atom stereocenters. The molecule has 8 heteroatoms. The topological polar surface area (TPSA) is 115 Å². The maximum atomic E-state index is 8.74. The number of hydrogen-bond donors (Lipinski definition) is 4. The Morgan fingerprint density at radius 1 is 0.857 bits per heavy atom. The van der Waals surface area contributed by atoms with Crippen LogP contribution in [-0.2, 0) is 10.4 Å². The predicted molar refractivity (Wildman–Crippen MR) is 51.1 cm³/mol. The van der Waals surface area contributed by atoms with E-state index in [1.54, 1.807) is 0 Å². The normalized spacial score (nSPS) is 9.29. The van der Waals surface area contributed by atoms with Crippen LogP contribution in [0, 0.1) is 0 Å². The Kier molecular flexibility index (Phi) is 8.12. The summed E-state index contributed by atoms with van der Waals surface area (Å²) in [6, 6.07) is 5.70. The summed E-state index contributed by atoms with van der Waals surface area (Å²) in [7, 11) is -4.67. The van der Waals surface area contributed by atoms with Crippen LogP contribution in [0.25, 0.3) is 0 Å². The molecule has 1 aromatic rings. The Morgan fingerprint density at radius 2 is 1.00 bits per heavy atom. The van der Waals surface area contributed by atoms with Crippen molar-refractivity contribution in [3.05, 3.63) is 24.3 Å². The van der Waals surface area contributed by atoms with Gasteiger partial charge in [-0.15, -0.1) is 0 Å². The zero-order valence-corrected chi connectivity index (χ0v) is 7.14. The molecule has 4 N–H and O–H groups in total. The molecule has 0 heterocycles. The van der Waals surface area contributed by atoms with Gasteiger partial charge < -0.3 is 10.2 Å². The summed E-state index contributed by atoms with van der Waals surface area (Å²) in [4.78, 5) is 0. The molecule has 14 heavy (non-hydrogen) atoms. The SMILES string of the molecule is O=S(=O)(O)O.Oc1ccc(O)cc1.[NaH]. The Bertz CT molecular complexity index is 316. The minimum atomic E-state index is -4.67. The Balaban J connectivity index is 0. The summed E-state index contributed by atoms with van der Waals surface area (Å²) in [5.41, 5.74) is 0. The van der Waals surface area contributed by atoms with Crippen molar-refractivity contribution in [3.63, 3.8) is 0 Å².